The number of hydrogen-bond acceptors (Lipinski definition) is 3. The molecule has 1 aromatic rings. The zero-order valence-electron chi connectivity index (χ0n) is 7.81. The summed E-state index contributed by atoms with van der Waals surface area (Å²) in [6, 6.07) is 7.26. The second-order valence-corrected chi connectivity index (χ2v) is 3.21. The normalized spacial score (nSPS) is 18.0. The smallest absolute Gasteiger partial charge is 0.183 e. The average molecular weight is 192 g/mol. The van der Waals surface area contributed by atoms with Gasteiger partial charge in [0.2, 0.25) is 0 Å². The van der Waals surface area contributed by atoms with Crippen LogP contribution in [0.1, 0.15) is 28.6 Å². The lowest BCUT2D eigenvalue weighted by Gasteiger charge is -2.23. The molecular formula is C11H12O3. The van der Waals surface area contributed by atoms with Crippen molar-refractivity contribution in [1.82, 2.24) is 0 Å². The molecule has 0 amide bonds. The van der Waals surface area contributed by atoms with Gasteiger partial charge in [0.1, 0.15) is 6.29 Å². The molecule has 0 aliphatic carbocycles. The molecule has 0 radical (unpaired) electrons. The van der Waals surface area contributed by atoms with E-state index in [1.165, 1.54) is 0 Å². The van der Waals surface area contributed by atoms with E-state index in [-0.39, 0.29) is 6.29 Å². The topological polar surface area (TPSA) is 35.5 Å². The van der Waals surface area contributed by atoms with Gasteiger partial charge >= 0.3 is 0 Å². The SMILES string of the molecule is O=Cc1ccc(C2OCCCO2)cc1. The molecule has 1 aliphatic rings. The number of carbonyl (C=O) groups is 1. The predicted molar refractivity (Wildman–Crippen MR) is 51.1 cm³/mol. The molecule has 0 unspecified atom stereocenters. The van der Waals surface area contributed by atoms with Crippen molar-refractivity contribution in [3.8, 4) is 0 Å². The van der Waals surface area contributed by atoms with Gasteiger partial charge < -0.3 is 9.47 Å². The average Bonchev–Trinajstić information content (AvgIpc) is 2.30. The number of ether oxygens (including phenoxy) is 2. The summed E-state index contributed by atoms with van der Waals surface area (Å²) < 4.78 is 10.9. The summed E-state index contributed by atoms with van der Waals surface area (Å²) in [7, 11) is 0. The molecule has 1 aromatic carbocycles. The standard InChI is InChI=1S/C11H12O3/c12-8-9-2-4-10(5-3-9)11-13-6-1-7-14-11/h2-5,8,11H,1,6-7H2. The second kappa shape index (κ2) is 4.35. The van der Waals surface area contributed by atoms with E-state index in [4.69, 9.17) is 9.47 Å². The maximum Gasteiger partial charge on any atom is 0.183 e. The zero-order chi connectivity index (χ0) is 9.80. The summed E-state index contributed by atoms with van der Waals surface area (Å²) in [4.78, 5) is 10.4. The van der Waals surface area contributed by atoms with Crippen molar-refractivity contribution in [2.45, 2.75) is 12.7 Å². The molecule has 1 saturated heterocycles. The Balaban J connectivity index is 2.11. The molecule has 14 heavy (non-hydrogen) atoms. The van der Waals surface area contributed by atoms with E-state index in [9.17, 15) is 4.79 Å². The van der Waals surface area contributed by atoms with Crippen molar-refractivity contribution in [1.29, 1.82) is 0 Å². The number of carbonyl (C=O) groups excluding carboxylic acids is 1. The van der Waals surface area contributed by atoms with E-state index >= 15 is 0 Å². The minimum absolute atomic E-state index is 0.260. The van der Waals surface area contributed by atoms with Crippen LogP contribution in [0.25, 0.3) is 0 Å². The molecule has 0 saturated carbocycles. The first-order chi connectivity index (χ1) is 6.90. The Morgan fingerprint density at radius 2 is 1.79 bits per heavy atom. The van der Waals surface area contributed by atoms with Crippen LogP contribution in [0.15, 0.2) is 24.3 Å². The van der Waals surface area contributed by atoms with Crippen LogP contribution in [0.3, 0.4) is 0 Å². The van der Waals surface area contributed by atoms with Crippen LogP contribution in [0, 0.1) is 0 Å². The van der Waals surface area contributed by atoms with E-state index < -0.39 is 0 Å². The molecule has 3 heteroatoms. The fraction of sp³-hybridized carbons (Fsp3) is 0.364. The Hall–Kier alpha value is -1.19. The van der Waals surface area contributed by atoms with Crippen molar-refractivity contribution >= 4 is 6.29 Å². The van der Waals surface area contributed by atoms with Crippen LogP contribution in [-0.4, -0.2) is 19.5 Å². The highest BCUT2D eigenvalue weighted by molar-refractivity contribution is 5.74. The van der Waals surface area contributed by atoms with Crippen LogP contribution in [0.5, 0.6) is 0 Å². The van der Waals surface area contributed by atoms with Gasteiger partial charge in [0, 0.05) is 11.1 Å². The summed E-state index contributed by atoms with van der Waals surface area (Å²) in [5, 5.41) is 0. The molecule has 74 valence electrons. The van der Waals surface area contributed by atoms with Gasteiger partial charge in [0.05, 0.1) is 13.2 Å². The Bertz CT molecular complexity index is 299. The van der Waals surface area contributed by atoms with Crippen LogP contribution in [0.2, 0.25) is 0 Å². The lowest BCUT2D eigenvalue weighted by Crippen LogP contribution is -2.17. The first-order valence-electron chi connectivity index (χ1n) is 4.68. The van der Waals surface area contributed by atoms with E-state index in [1.54, 1.807) is 12.1 Å². The highest BCUT2D eigenvalue weighted by atomic mass is 16.7. The van der Waals surface area contributed by atoms with Gasteiger partial charge in [-0.15, -0.1) is 0 Å². The van der Waals surface area contributed by atoms with E-state index in [0.717, 1.165) is 31.5 Å². The third-order valence-electron chi connectivity index (χ3n) is 2.17. The molecule has 0 aromatic heterocycles. The van der Waals surface area contributed by atoms with E-state index in [2.05, 4.69) is 0 Å². The Morgan fingerprint density at radius 3 is 2.36 bits per heavy atom. The molecule has 1 heterocycles. The highest BCUT2D eigenvalue weighted by Gasteiger charge is 2.15. The van der Waals surface area contributed by atoms with Gasteiger partial charge in [0.25, 0.3) is 0 Å². The van der Waals surface area contributed by atoms with Crippen molar-refractivity contribution in [2.24, 2.45) is 0 Å². The van der Waals surface area contributed by atoms with Crippen LogP contribution in [-0.2, 0) is 9.47 Å². The maximum atomic E-state index is 10.4. The minimum Gasteiger partial charge on any atom is -0.348 e. The summed E-state index contributed by atoms with van der Waals surface area (Å²) >= 11 is 0. The largest absolute Gasteiger partial charge is 0.348 e. The molecular weight excluding hydrogens is 180 g/mol. The quantitative estimate of drug-likeness (QED) is 0.672. The van der Waals surface area contributed by atoms with Gasteiger partial charge in [-0.1, -0.05) is 24.3 Å². The fourth-order valence-electron chi connectivity index (χ4n) is 1.41. The monoisotopic (exact) mass is 192 g/mol. The Kier molecular flexibility index (Phi) is 2.91. The molecule has 0 spiro atoms. The van der Waals surface area contributed by atoms with E-state index in [0.29, 0.717) is 5.56 Å². The zero-order valence-corrected chi connectivity index (χ0v) is 7.81. The van der Waals surface area contributed by atoms with Gasteiger partial charge in [-0.3, -0.25) is 4.79 Å². The maximum absolute atomic E-state index is 10.4. The lowest BCUT2D eigenvalue weighted by atomic mass is 10.1. The minimum atomic E-state index is -0.260. The summed E-state index contributed by atoms with van der Waals surface area (Å²) in [6.45, 7) is 1.47. The first-order valence-corrected chi connectivity index (χ1v) is 4.68. The van der Waals surface area contributed by atoms with Gasteiger partial charge in [0.15, 0.2) is 6.29 Å². The van der Waals surface area contributed by atoms with Crippen molar-refractivity contribution in [3.05, 3.63) is 35.4 Å². The van der Waals surface area contributed by atoms with Gasteiger partial charge in [-0.05, 0) is 6.42 Å². The molecule has 2 rings (SSSR count). The van der Waals surface area contributed by atoms with Gasteiger partial charge in [-0.25, -0.2) is 0 Å². The fourth-order valence-corrected chi connectivity index (χ4v) is 1.41. The highest BCUT2D eigenvalue weighted by Crippen LogP contribution is 2.22. The Morgan fingerprint density at radius 1 is 1.14 bits per heavy atom. The molecule has 0 N–H and O–H groups in total. The molecule has 3 nitrogen and oxygen atoms in total. The van der Waals surface area contributed by atoms with Crippen LogP contribution in [0.4, 0.5) is 0 Å². The predicted octanol–water partition coefficient (Wildman–Crippen LogP) is 1.93. The van der Waals surface area contributed by atoms with Gasteiger partial charge in [-0.2, -0.15) is 0 Å². The lowest BCUT2D eigenvalue weighted by molar-refractivity contribution is -0.183. The number of hydrogen-bond donors (Lipinski definition) is 0. The molecule has 0 bridgehead atoms. The number of aldehydes is 1. The molecule has 0 atom stereocenters. The van der Waals surface area contributed by atoms with Crippen molar-refractivity contribution in [3.63, 3.8) is 0 Å². The molecule has 1 aliphatic heterocycles. The summed E-state index contributed by atoms with van der Waals surface area (Å²) in [6.07, 6.45) is 1.51. The second-order valence-electron chi connectivity index (χ2n) is 3.21. The van der Waals surface area contributed by atoms with Crippen LogP contribution >= 0.6 is 0 Å². The molecule has 1 fully saturated rings. The summed E-state index contributed by atoms with van der Waals surface area (Å²) in [5.74, 6) is 0. The van der Waals surface area contributed by atoms with Crippen molar-refractivity contribution < 1.29 is 14.3 Å². The van der Waals surface area contributed by atoms with Crippen LogP contribution < -0.4 is 0 Å². The number of rotatable bonds is 2. The third-order valence-corrected chi connectivity index (χ3v) is 2.17. The Labute approximate surface area is 82.6 Å². The van der Waals surface area contributed by atoms with Crippen molar-refractivity contribution in [2.75, 3.05) is 13.2 Å². The van der Waals surface area contributed by atoms with E-state index in [1.807, 2.05) is 12.1 Å². The third kappa shape index (κ3) is 2.00. The number of benzene rings is 1. The summed E-state index contributed by atoms with van der Waals surface area (Å²) in [5.41, 5.74) is 1.64. The first kappa shape index (κ1) is 9.37.